The van der Waals surface area contributed by atoms with Crippen LogP contribution in [0, 0.1) is 5.92 Å². The Morgan fingerprint density at radius 1 is 0.975 bits per heavy atom. The van der Waals surface area contributed by atoms with Crippen molar-refractivity contribution in [2.45, 2.75) is 57.3 Å². The van der Waals surface area contributed by atoms with E-state index in [0.717, 1.165) is 5.56 Å². The molecule has 0 radical (unpaired) electrons. The van der Waals surface area contributed by atoms with Gasteiger partial charge in [-0.25, -0.2) is 0 Å². The zero-order valence-electron chi connectivity index (χ0n) is 22.8. The van der Waals surface area contributed by atoms with E-state index < -0.39 is 60.4 Å². The van der Waals surface area contributed by atoms with Crippen molar-refractivity contribution in [3.8, 4) is 5.75 Å². The van der Waals surface area contributed by atoms with Gasteiger partial charge >= 0.3 is 5.97 Å². The van der Waals surface area contributed by atoms with Crippen molar-refractivity contribution in [1.29, 1.82) is 0 Å². The number of rotatable bonds is 4. The number of methoxy groups -OCH3 is 1. The van der Waals surface area contributed by atoms with Gasteiger partial charge in [0.2, 0.25) is 23.6 Å². The summed E-state index contributed by atoms with van der Waals surface area (Å²) in [5.41, 5.74) is 0.752. The zero-order chi connectivity index (χ0) is 29.1. The third-order valence-corrected chi connectivity index (χ3v) is 8.69. The van der Waals surface area contributed by atoms with Gasteiger partial charge in [0, 0.05) is 17.9 Å². The number of carbonyl (C=O) groups excluding carboxylic acids is 5. The molecule has 3 rings (SSSR count). The van der Waals surface area contributed by atoms with Gasteiger partial charge in [0.05, 0.1) is 13.5 Å². The van der Waals surface area contributed by atoms with Crippen LogP contribution in [0.5, 0.6) is 5.75 Å². The number of esters is 1. The fourth-order valence-electron chi connectivity index (χ4n) is 4.05. The largest absolute Gasteiger partial charge is 0.497 e. The molecular weight excluding hydrogens is 556 g/mol. The van der Waals surface area contributed by atoms with E-state index in [0.29, 0.717) is 17.9 Å². The maximum Gasteiger partial charge on any atom is 0.326 e. The third kappa shape index (κ3) is 9.77. The summed E-state index contributed by atoms with van der Waals surface area (Å²) in [5.74, 6) is -1.57. The number of nitrogens with one attached hydrogen (secondary N) is 4. The molecule has 4 amide bonds. The summed E-state index contributed by atoms with van der Waals surface area (Å²) in [6.07, 6.45) is 3.18. The minimum Gasteiger partial charge on any atom is -0.497 e. The van der Waals surface area contributed by atoms with Crippen molar-refractivity contribution in [3.05, 3.63) is 42.0 Å². The minimum atomic E-state index is -1.04. The Labute approximate surface area is 241 Å². The highest BCUT2D eigenvalue weighted by molar-refractivity contribution is 8.76. The Morgan fingerprint density at radius 3 is 2.42 bits per heavy atom. The molecule has 2 bridgehead atoms. The first-order valence-electron chi connectivity index (χ1n) is 13.1. The Morgan fingerprint density at radius 2 is 1.73 bits per heavy atom. The van der Waals surface area contributed by atoms with E-state index in [1.165, 1.54) is 21.6 Å². The van der Waals surface area contributed by atoms with Crippen LogP contribution < -0.4 is 26.0 Å². The summed E-state index contributed by atoms with van der Waals surface area (Å²) in [5, 5.41) is 10.8. The maximum absolute atomic E-state index is 13.5. The number of carbonyl (C=O) groups is 5. The first kappa shape index (κ1) is 31.3. The Kier molecular flexibility index (Phi) is 12.2. The highest BCUT2D eigenvalue weighted by atomic mass is 33.1. The predicted molar refractivity (Wildman–Crippen MR) is 154 cm³/mol. The van der Waals surface area contributed by atoms with Gasteiger partial charge < -0.3 is 30.7 Å². The Bertz CT molecular complexity index is 1100. The summed E-state index contributed by atoms with van der Waals surface area (Å²) in [7, 11) is 4.50. The van der Waals surface area contributed by atoms with Gasteiger partial charge in [-0.3, -0.25) is 24.0 Å². The second-order valence-corrected chi connectivity index (χ2v) is 12.4. The molecule has 0 spiro atoms. The van der Waals surface area contributed by atoms with Crippen molar-refractivity contribution in [2.24, 2.45) is 5.92 Å². The summed E-state index contributed by atoms with van der Waals surface area (Å²) in [4.78, 5) is 65.4. The fourth-order valence-corrected chi connectivity index (χ4v) is 6.21. The molecule has 13 heteroatoms. The molecule has 218 valence electrons. The van der Waals surface area contributed by atoms with Gasteiger partial charge in [0.15, 0.2) is 0 Å². The second-order valence-electron chi connectivity index (χ2n) is 9.74. The van der Waals surface area contributed by atoms with E-state index >= 15 is 0 Å². The van der Waals surface area contributed by atoms with E-state index in [4.69, 9.17) is 9.47 Å². The summed E-state index contributed by atoms with van der Waals surface area (Å²) in [6, 6.07) is 4.12. The van der Waals surface area contributed by atoms with Crippen LogP contribution >= 0.6 is 21.6 Å². The van der Waals surface area contributed by atoms with Crippen molar-refractivity contribution in [1.82, 2.24) is 21.3 Å². The van der Waals surface area contributed by atoms with Crippen LogP contribution in [0.2, 0.25) is 0 Å². The van der Waals surface area contributed by atoms with Crippen LogP contribution in [0.4, 0.5) is 0 Å². The lowest BCUT2D eigenvalue weighted by atomic mass is 10.0. The van der Waals surface area contributed by atoms with Crippen molar-refractivity contribution in [3.63, 3.8) is 0 Å². The molecule has 4 atom stereocenters. The van der Waals surface area contributed by atoms with Gasteiger partial charge in [0.1, 0.15) is 36.5 Å². The lowest BCUT2D eigenvalue weighted by Crippen LogP contribution is -2.59. The second kappa shape index (κ2) is 15.6. The standard InChI is InChI=1S/C27H36N4O7S2/c1-16(2)24-27(36)30-21-15-40-39-11-5-4-6-19(13-22(32)31-24)38-23(33)14-28-25(34)20(29-26(21)35)12-17-7-9-18(37-3)10-8-17/h4,6-10,16,19-21,24H,5,11-15H2,1-3H3,(H,28,34)(H,29,35)(H,30,36)(H,31,32)/b6-4+/t19?,20?,21?,24-/m1/s1. The van der Waals surface area contributed by atoms with Crippen LogP contribution in [0.1, 0.15) is 32.3 Å². The van der Waals surface area contributed by atoms with E-state index in [1.807, 2.05) is 6.08 Å². The van der Waals surface area contributed by atoms with E-state index in [1.54, 1.807) is 51.3 Å². The number of amides is 4. The summed E-state index contributed by atoms with van der Waals surface area (Å²) >= 11 is 0. The number of hydrogen-bond donors (Lipinski definition) is 4. The van der Waals surface area contributed by atoms with Crippen LogP contribution in [0.3, 0.4) is 0 Å². The molecule has 1 saturated heterocycles. The molecule has 2 heterocycles. The van der Waals surface area contributed by atoms with E-state index in [2.05, 4.69) is 21.3 Å². The smallest absolute Gasteiger partial charge is 0.326 e. The van der Waals surface area contributed by atoms with Crippen molar-refractivity contribution >= 4 is 51.2 Å². The molecular formula is C27H36N4O7S2. The molecule has 1 fully saturated rings. The fraction of sp³-hybridized carbons (Fsp3) is 0.519. The highest BCUT2D eigenvalue weighted by Crippen LogP contribution is 2.24. The molecule has 0 saturated carbocycles. The molecule has 0 aliphatic carbocycles. The number of benzene rings is 1. The molecule has 1 aromatic carbocycles. The molecule has 11 nitrogen and oxygen atoms in total. The number of ether oxygens (including phenoxy) is 2. The molecule has 0 aromatic heterocycles. The molecule has 2 aliphatic rings. The van der Waals surface area contributed by atoms with Crippen LogP contribution in [-0.4, -0.2) is 79.0 Å². The number of allylic oxidation sites excluding steroid dienone is 1. The molecule has 2 aliphatic heterocycles. The topological polar surface area (TPSA) is 152 Å². The van der Waals surface area contributed by atoms with Crippen LogP contribution in [0.25, 0.3) is 0 Å². The zero-order valence-corrected chi connectivity index (χ0v) is 24.4. The van der Waals surface area contributed by atoms with E-state index in [-0.39, 0.29) is 24.5 Å². The van der Waals surface area contributed by atoms with Crippen LogP contribution in [0.15, 0.2) is 36.4 Å². The highest BCUT2D eigenvalue weighted by Gasteiger charge is 2.32. The molecule has 40 heavy (non-hydrogen) atoms. The van der Waals surface area contributed by atoms with Gasteiger partial charge in [-0.2, -0.15) is 0 Å². The number of fused-ring (bicyclic) bond motifs is 7. The van der Waals surface area contributed by atoms with Crippen molar-refractivity contribution < 1.29 is 33.4 Å². The molecule has 1 aromatic rings. The Hall–Kier alpha value is -3.19. The maximum atomic E-state index is 13.5. The lowest BCUT2D eigenvalue weighted by Gasteiger charge is -2.27. The van der Waals surface area contributed by atoms with Gasteiger partial charge in [-0.05, 0) is 36.1 Å². The first-order chi connectivity index (χ1) is 19.2. The van der Waals surface area contributed by atoms with Gasteiger partial charge in [0.25, 0.3) is 0 Å². The minimum absolute atomic E-state index is 0.134. The first-order valence-corrected chi connectivity index (χ1v) is 15.6. The molecule has 3 unspecified atom stereocenters. The Balaban J connectivity index is 1.96. The average molecular weight is 593 g/mol. The van der Waals surface area contributed by atoms with Gasteiger partial charge in [-0.1, -0.05) is 53.6 Å². The van der Waals surface area contributed by atoms with Crippen LogP contribution in [-0.2, 0) is 35.1 Å². The van der Waals surface area contributed by atoms with E-state index in [9.17, 15) is 24.0 Å². The average Bonchev–Trinajstić information content (AvgIpc) is 2.92. The predicted octanol–water partition coefficient (Wildman–Crippen LogP) is 1.12. The molecule has 4 N–H and O–H groups in total. The quantitative estimate of drug-likeness (QED) is 0.229. The van der Waals surface area contributed by atoms with Crippen molar-refractivity contribution in [2.75, 3.05) is 25.2 Å². The monoisotopic (exact) mass is 592 g/mol. The number of hydrogen-bond acceptors (Lipinski definition) is 9. The van der Waals surface area contributed by atoms with Gasteiger partial charge in [-0.15, -0.1) is 0 Å². The summed E-state index contributed by atoms with van der Waals surface area (Å²) < 4.78 is 10.7. The SMILES string of the molecule is COc1ccc(CC2NC(=O)C3CSSCC/C=C/C(CC(=O)N[C@H](C(C)C)C(=O)N3)OC(=O)CNC2=O)cc1. The third-order valence-electron chi connectivity index (χ3n) is 6.24. The summed E-state index contributed by atoms with van der Waals surface area (Å²) in [6.45, 7) is 3.12. The lowest BCUT2D eigenvalue weighted by molar-refractivity contribution is -0.148. The normalized spacial score (nSPS) is 26.4.